The first kappa shape index (κ1) is 17.4. The van der Waals surface area contributed by atoms with E-state index in [9.17, 15) is 4.39 Å². The topological polar surface area (TPSA) is 12.5 Å². The van der Waals surface area contributed by atoms with E-state index in [-0.39, 0.29) is 5.82 Å². The highest BCUT2D eigenvalue weighted by atomic mass is 79.9. The Morgan fingerprint density at radius 2 is 1.79 bits per heavy atom. The summed E-state index contributed by atoms with van der Waals surface area (Å²) in [4.78, 5) is 3.18. The monoisotopic (exact) mass is 407 g/mol. The lowest BCUT2D eigenvalue weighted by Crippen LogP contribution is -2.34. The van der Waals surface area contributed by atoms with Crippen molar-refractivity contribution in [3.05, 3.63) is 63.9 Å². The zero-order chi connectivity index (χ0) is 16.9. The summed E-state index contributed by atoms with van der Waals surface area (Å²) in [7, 11) is 0. The number of rotatable bonds is 4. The normalized spacial score (nSPS) is 14.5. The number of ether oxygens (including phenoxy) is 1. The third-order valence-electron chi connectivity index (χ3n) is 4.13. The first-order valence-corrected chi connectivity index (χ1v) is 9.30. The molecule has 0 spiro atoms. The van der Waals surface area contributed by atoms with Gasteiger partial charge in [0.25, 0.3) is 0 Å². The van der Waals surface area contributed by atoms with Crippen molar-refractivity contribution in [1.82, 2.24) is 4.90 Å². The highest BCUT2D eigenvalue weighted by Gasteiger charge is 2.16. The molecule has 3 rings (SSSR count). The Labute approximate surface area is 155 Å². The van der Waals surface area contributed by atoms with Crippen molar-refractivity contribution in [2.45, 2.75) is 25.9 Å². The molecule has 0 atom stereocenters. The molecular weight excluding hydrogens is 389 g/mol. The van der Waals surface area contributed by atoms with Crippen LogP contribution in [-0.4, -0.2) is 23.0 Å². The molecule has 0 radical (unpaired) electrons. The number of nitrogens with zero attached hydrogens (tertiary/aromatic N) is 1. The highest BCUT2D eigenvalue weighted by Crippen LogP contribution is 2.28. The van der Waals surface area contributed by atoms with Crippen molar-refractivity contribution in [2.75, 3.05) is 13.1 Å². The van der Waals surface area contributed by atoms with Gasteiger partial charge in [-0.3, -0.25) is 0 Å². The minimum absolute atomic E-state index is 0.240. The molecule has 2 aromatic rings. The fourth-order valence-electron chi connectivity index (χ4n) is 2.77. The SMILES string of the molecule is Fc1ccc(COc2ccc(C(=S)N3CCCCC3)cc2Br)cc1. The van der Waals surface area contributed by atoms with Crippen LogP contribution in [0.5, 0.6) is 5.75 Å². The number of likely N-dealkylation sites (tertiary alicyclic amines) is 1. The van der Waals surface area contributed by atoms with Gasteiger partial charge < -0.3 is 9.64 Å². The van der Waals surface area contributed by atoms with Crippen LogP contribution in [0.2, 0.25) is 0 Å². The summed E-state index contributed by atoms with van der Waals surface area (Å²) in [6.45, 7) is 2.48. The first-order valence-electron chi connectivity index (χ1n) is 8.09. The number of benzene rings is 2. The molecule has 0 saturated carbocycles. The largest absolute Gasteiger partial charge is 0.488 e. The number of thiocarbonyl (C=S) groups is 1. The molecule has 0 aromatic heterocycles. The van der Waals surface area contributed by atoms with Gasteiger partial charge in [0, 0.05) is 18.7 Å². The van der Waals surface area contributed by atoms with Gasteiger partial charge in [-0.2, -0.15) is 0 Å². The Morgan fingerprint density at radius 1 is 1.08 bits per heavy atom. The average molecular weight is 408 g/mol. The first-order chi connectivity index (χ1) is 11.6. The Kier molecular flexibility index (Phi) is 5.85. The van der Waals surface area contributed by atoms with Crippen LogP contribution in [0.4, 0.5) is 4.39 Å². The van der Waals surface area contributed by atoms with Gasteiger partial charge in [-0.1, -0.05) is 24.4 Å². The van der Waals surface area contributed by atoms with Gasteiger partial charge in [0.15, 0.2) is 0 Å². The summed E-state index contributed by atoms with van der Waals surface area (Å²) in [6, 6.07) is 12.3. The van der Waals surface area contributed by atoms with E-state index in [0.717, 1.165) is 39.4 Å². The zero-order valence-electron chi connectivity index (χ0n) is 13.3. The molecule has 2 aromatic carbocycles. The lowest BCUT2D eigenvalue weighted by atomic mass is 10.1. The molecule has 24 heavy (non-hydrogen) atoms. The molecule has 126 valence electrons. The molecule has 1 heterocycles. The molecule has 1 aliphatic rings. The second-order valence-corrected chi connectivity index (χ2v) is 7.15. The van der Waals surface area contributed by atoms with E-state index >= 15 is 0 Å². The van der Waals surface area contributed by atoms with Gasteiger partial charge in [-0.15, -0.1) is 0 Å². The van der Waals surface area contributed by atoms with Crippen LogP contribution in [0, 0.1) is 5.82 Å². The lowest BCUT2D eigenvalue weighted by molar-refractivity contribution is 0.304. The maximum absolute atomic E-state index is 12.9. The van der Waals surface area contributed by atoms with Crippen LogP contribution < -0.4 is 4.74 Å². The van der Waals surface area contributed by atoms with Crippen LogP contribution >= 0.6 is 28.1 Å². The van der Waals surface area contributed by atoms with Crippen LogP contribution in [0.25, 0.3) is 0 Å². The van der Waals surface area contributed by atoms with E-state index in [4.69, 9.17) is 17.0 Å². The molecule has 1 aliphatic heterocycles. The van der Waals surface area contributed by atoms with Gasteiger partial charge in [-0.25, -0.2) is 4.39 Å². The summed E-state index contributed by atoms with van der Waals surface area (Å²) < 4.78 is 19.6. The molecule has 0 unspecified atom stereocenters. The van der Waals surface area contributed by atoms with Crippen molar-refractivity contribution in [1.29, 1.82) is 0 Å². The van der Waals surface area contributed by atoms with Crippen LogP contribution in [0.15, 0.2) is 46.9 Å². The van der Waals surface area contributed by atoms with E-state index in [1.165, 1.54) is 31.4 Å². The fourth-order valence-corrected chi connectivity index (χ4v) is 3.58. The Balaban J connectivity index is 1.65. The quantitative estimate of drug-likeness (QED) is 0.635. The third-order valence-corrected chi connectivity index (χ3v) is 5.24. The second-order valence-electron chi connectivity index (χ2n) is 5.91. The van der Waals surface area contributed by atoms with Crippen LogP contribution in [0.1, 0.15) is 30.4 Å². The standard InChI is InChI=1S/C19H19BrFNOS/c20-17-12-15(19(24)22-10-2-1-3-11-22)6-9-18(17)23-13-14-4-7-16(21)8-5-14/h4-9,12H,1-3,10-11,13H2. The third kappa shape index (κ3) is 4.33. The zero-order valence-corrected chi connectivity index (χ0v) is 15.7. The minimum atomic E-state index is -0.240. The number of halogens is 2. The predicted octanol–water partition coefficient (Wildman–Crippen LogP) is 5.33. The van der Waals surface area contributed by atoms with Crippen molar-refractivity contribution < 1.29 is 9.13 Å². The maximum atomic E-state index is 12.9. The van der Waals surface area contributed by atoms with Crippen molar-refractivity contribution in [3.63, 3.8) is 0 Å². The maximum Gasteiger partial charge on any atom is 0.134 e. The summed E-state index contributed by atoms with van der Waals surface area (Å²) in [5, 5.41) is 0. The van der Waals surface area contributed by atoms with Crippen molar-refractivity contribution in [2.24, 2.45) is 0 Å². The van der Waals surface area contributed by atoms with Crippen molar-refractivity contribution >= 4 is 33.1 Å². The number of hydrogen-bond donors (Lipinski definition) is 0. The fraction of sp³-hybridized carbons (Fsp3) is 0.316. The predicted molar refractivity (Wildman–Crippen MR) is 102 cm³/mol. The molecule has 1 fully saturated rings. The van der Waals surface area contributed by atoms with Crippen LogP contribution in [-0.2, 0) is 6.61 Å². The Hall–Kier alpha value is -1.46. The lowest BCUT2D eigenvalue weighted by Gasteiger charge is -2.29. The van der Waals surface area contributed by atoms with Gasteiger partial charge >= 0.3 is 0 Å². The summed E-state index contributed by atoms with van der Waals surface area (Å²) >= 11 is 9.19. The Bertz CT molecular complexity index is 714. The van der Waals surface area contributed by atoms with Gasteiger partial charge in [0.2, 0.25) is 0 Å². The number of hydrogen-bond acceptors (Lipinski definition) is 2. The van der Waals surface area contributed by atoms with E-state index in [0.29, 0.717) is 6.61 Å². The summed E-state index contributed by atoms with van der Waals surface area (Å²) in [6.07, 6.45) is 3.71. The average Bonchev–Trinajstić information content (AvgIpc) is 2.62. The van der Waals surface area contributed by atoms with Gasteiger partial charge in [-0.05, 0) is 71.1 Å². The molecule has 0 aliphatic carbocycles. The Morgan fingerprint density at radius 3 is 2.46 bits per heavy atom. The summed E-state index contributed by atoms with van der Waals surface area (Å²) in [5.41, 5.74) is 1.96. The molecular formula is C19H19BrFNOS. The molecule has 2 nitrogen and oxygen atoms in total. The molecule has 5 heteroatoms. The van der Waals surface area contributed by atoms with E-state index in [2.05, 4.69) is 20.8 Å². The van der Waals surface area contributed by atoms with Crippen molar-refractivity contribution in [3.8, 4) is 5.75 Å². The van der Waals surface area contributed by atoms with E-state index in [1.807, 2.05) is 18.2 Å². The summed E-state index contributed by atoms with van der Waals surface area (Å²) in [5.74, 6) is 0.514. The number of piperidine rings is 1. The molecule has 0 bridgehead atoms. The molecule has 0 N–H and O–H groups in total. The van der Waals surface area contributed by atoms with E-state index < -0.39 is 0 Å². The minimum Gasteiger partial charge on any atom is -0.488 e. The molecule has 0 amide bonds. The van der Waals surface area contributed by atoms with Crippen LogP contribution in [0.3, 0.4) is 0 Å². The smallest absolute Gasteiger partial charge is 0.134 e. The van der Waals surface area contributed by atoms with Gasteiger partial charge in [0.05, 0.1) is 4.47 Å². The molecule has 1 saturated heterocycles. The van der Waals surface area contributed by atoms with Gasteiger partial charge in [0.1, 0.15) is 23.2 Å². The second kappa shape index (κ2) is 8.08. The van der Waals surface area contributed by atoms with E-state index in [1.54, 1.807) is 12.1 Å². The highest BCUT2D eigenvalue weighted by molar-refractivity contribution is 9.10.